The van der Waals surface area contributed by atoms with Gasteiger partial charge in [-0.3, -0.25) is 0 Å². The van der Waals surface area contributed by atoms with Crippen molar-refractivity contribution in [1.82, 2.24) is 0 Å². The molecule has 3 rings (SSSR count). The second-order valence-corrected chi connectivity index (χ2v) is 6.33. The number of methoxy groups -OCH3 is 2. The van der Waals surface area contributed by atoms with E-state index in [2.05, 4.69) is 0 Å². The van der Waals surface area contributed by atoms with Gasteiger partial charge >= 0.3 is 11.6 Å². The van der Waals surface area contributed by atoms with Gasteiger partial charge < -0.3 is 18.6 Å². The van der Waals surface area contributed by atoms with Gasteiger partial charge in [-0.15, -0.1) is 0 Å². The van der Waals surface area contributed by atoms with Crippen molar-refractivity contribution in [2.24, 2.45) is 0 Å². The zero-order chi connectivity index (χ0) is 20.8. The molecular weight excluding hydrogens is 372 g/mol. The summed E-state index contributed by atoms with van der Waals surface area (Å²) >= 11 is 0. The number of esters is 1. The maximum Gasteiger partial charge on any atom is 0.336 e. The Balaban J connectivity index is 1.72. The lowest BCUT2D eigenvalue weighted by Crippen LogP contribution is -2.05. The SMILES string of the molecule is CCc1ccc2c(COC(=O)/C=C/c3ccc(OC)c(OC)c3)cc(=O)oc2c1. The molecule has 0 radical (unpaired) electrons. The third kappa shape index (κ3) is 4.85. The smallest absolute Gasteiger partial charge is 0.336 e. The fourth-order valence-electron chi connectivity index (χ4n) is 2.93. The molecule has 0 saturated carbocycles. The van der Waals surface area contributed by atoms with Gasteiger partial charge in [-0.1, -0.05) is 25.1 Å². The number of aryl methyl sites for hydroxylation is 1. The van der Waals surface area contributed by atoms with E-state index in [-0.39, 0.29) is 6.61 Å². The van der Waals surface area contributed by atoms with Crippen molar-refractivity contribution in [3.8, 4) is 11.5 Å². The zero-order valence-corrected chi connectivity index (χ0v) is 16.6. The lowest BCUT2D eigenvalue weighted by molar-refractivity contribution is -0.138. The van der Waals surface area contributed by atoms with Crippen LogP contribution in [-0.2, 0) is 22.6 Å². The second kappa shape index (κ2) is 9.10. The van der Waals surface area contributed by atoms with E-state index in [1.807, 2.05) is 25.1 Å². The van der Waals surface area contributed by atoms with Crippen LogP contribution in [0.15, 0.2) is 57.8 Å². The number of ether oxygens (including phenoxy) is 3. The van der Waals surface area contributed by atoms with Crippen LogP contribution in [0.1, 0.15) is 23.6 Å². The fraction of sp³-hybridized carbons (Fsp3) is 0.217. The minimum absolute atomic E-state index is 0.0251. The van der Waals surface area contributed by atoms with Crippen molar-refractivity contribution in [2.75, 3.05) is 14.2 Å². The second-order valence-electron chi connectivity index (χ2n) is 6.33. The number of fused-ring (bicyclic) bond motifs is 1. The van der Waals surface area contributed by atoms with E-state index in [9.17, 15) is 9.59 Å². The Kier molecular flexibility index (Phi) is 6.34. The van der Waals surface area contributed by atoms with Crippen molar-refractivity contribution in [3.05, 3.63) is 75.7 Å². The third-order valence-corrected chi connectivity index (χ3v) is 4.49. The number of hydrogen-bond donors (Lipinski definition) is 0. The first-order chi connectivity index (χ1) is 14.0. The molecule has 0 aliphatic rings. The predicted octanol–water partition coefficient (Wildman–Crippen LogP) is 4.13. The standard InChI is InChI=1S/C23H22O6/c1-4-15-5-8-18-17(13-23(25)29-20(18)11-15)14-28-22(24)10-7-16-6-9-19(26-2)21(12-16)27-3/h5-13H,4,14H2,1-3H3/b10-7+. The minimum atomic E-state index is -0.522. The van der Waals surface area contributed by atoms with Crippen molar-refractivity contribution >= 4 is 23.0 Å². The Bertz CT molecular complexity index is 1110. The molecule has 2 aromatic carbocycles. The van der Waals surface area contributed by atoms with Gasteiger partial charge in [-0.25, -0.2) is 9.59 Å². The fourth-order valence-corrected chi connectivity index (χ4v) is 2.93. The van der Waals surface area contributed by atoms with Crippen LogP contribution in [0.25, 0.3) is 17.0 Å². The van der Waals surface area contributed by atoms with Crippen LogP contribution in [0.4, 0.5) is 0 Å². The van der Waals surface area contributed by atoms with E-state index in [0.29, 0.717) is 22.6 Å². The Hall–Kier alpha value is -3.54. The van der Waals surface area contributed by atoms with Gasteiger partial charge in [0.15, 0.2) is 11.5 Å². The van der Waals surface area contributed by atoms with Crippen LogP contribution >= 0.6 is 0 Å². The molecule has 3 aromatic rings. The molecule has 0 amide bonds. The van der Waals surface area contributed by atoms with Crippen molar-refractivity contribution in [1.29, 1.82) is 0 Å². The van der Waals surface area contributed by atoms with Crippen LogP contribution in [0.5, 0.6) is 11.5 Å². The summed E-state index contributed by atoms with van der Waals surface area (Å²) in [6, 6.07) is 12.3. The van der Waals surface area contributed by atoms with Crippen LogP contribution in [0, 0.1) is 0 Å². The van der Waals surface area contributed by atoms with Crippen molar-refractivity contribution < 1.29 is 23.4 Å². The first kappa shape index (κ1) is 20.2. The van der Waals surface area contributed by atoms with E-state index in [4.69, 9.17) is 18.6 Å². The number of carbonyl (C=O) groups excluding carboxylic acids is 1. The molecule has 0 N–H and O–H groups in total. The molecule has 0 aliphatic heterocycles. The van der Waals surface area contributed by atoms with Gasteiger partial charge in [0.05, 0.1) is 14.2 Å². The molecule has 0 aliphatic carbocycles. The molecule has 6 nitrogen and oxygen atoms in total. The highest BCUT2D eigenvalue weighted by atomic mass is 16.5. The molecule has 0 atom stereocenters. The Morgan fingerprint density at radius 1 is 1.03 bits per heavy atom. The monoisotopic (exact) mass is 394 g/mol. The summed E-state index contributed by atoms with van der Waals surface area (Å²) in [5.41, 5.74) is 2.44. The van der Waals surface area contributed by atoms with E-state index in [0.717, 1.165) is 22.9 Å². The van der Waals surface area contributed by atoms with Crippen LogP contribution in [0.2, 0.25) is 0 Å². The Morgan fingerprint density at radius 2 is 1.83 bits per heavy atom. The molecule has 0 spiro atoms. The Morgan fingerprint density at radius 3 is 2.55 bits per heavy atom. The number of hydrogen-bond acceptors (Lipinski definition) is 6. The maximum absolute atomic E-state index is 12.1. The molecule has 0 fully saturated rings. The van der Waals surface area contributed by atoms with E-state index < -0.39 is 11.6 Å². The predicted molar refractivity (Wildman–Crippen MR) is 110 cm³/mol. The van der Waals surface area contributed by atoms with Crippen LogP contribution in [-0.4, -0.2) is 20.2 Å². The average molecular weight is 394 g/mol. The number of rotatable bonds is 7. The molecule has 1 heterocycles. The number of carbonyl (C=O) groups is 1. The topological polar surface area (TPSA) is 75.0 Å². The molecule has 0 bridgehead atoms. The average Bonchev–Trinajstić information content (AvgIpc) is 2.74. The summed E-state index contributed by atoms with van der Waals surface area (Å²) in [6.45, 7) is 2.00. The van der Waals surface area contributed by atoms with Crippen molar-refractivity contribution in [3.63, 3.8) is 0 Å². The quantitative estimate of drug-likeness (QED) is 0.341. The van der Waals surface area contributed by atoms with Gasteiger partial charge in [0.2, 0.25) is 0 Å². The zero-order valence-electron chi connectivity index (χ0n) is 16.6. The highest BCUT2D eigenvalue weighted by Gasteiger charge is 2.09. The summed E-state index contributed by atoms with van der Waals surface area (Å²) in [6.07, 6.45) is 3.78. The van der Waals surface area contributed by atoms with E-state index >= 15 is 0 Å². The molecule has 0 unspecified atom stereocenters. The summed E-state index contributed by atoms with van der Waals surface area (Å²) in [7, 11) is 3.10. The summed E-state index contributed by atoms with van der Waals surface area (Å²) in [4.78, 5) is 24.0. The maximum atomic E-state index is 12.1. The van der Waals surface area contributed by atoms with Gasteiger partial charge in [0, 0.05) is 23.1 Å². The highest BCUT2D eigenvalue weighted by molar-refractivity contribution is 5.87. The minimum Gasteiger partial charge on any atom is -0.493 e. The molecule has 29 heavy (non-hydrogen) atoms. The summed E-state index contributed by atoms with van der Waals surface area (Å²) in [5.74, 6) is 0.650. The van der Waals surface area contributed by atoms with Gasteiger partial charge in [0.25, 0.3) is 0 Å². The van der Waals surface area contributed by atoms with Crippen molar-refractivity contribution in [2.45, 2.75) is 20.0 Å². The molecule has 150 valence electrons. The molecule has 0 saturated heterocycles. The van der Waals surface area contributed by atoms with Gasteiger partial charge in [0.1, 0.15) is 12.2 Å². The normalized spacial score (nSPS) is 11.0. The number of benzene rings is 2. The van der Waals surface area contributed by atoms with Crippen LogP contribution < -0.4 is 15.1 Å². The first-order valence-electron chi connectivity index (χ1n) is 9.16. The van der Waals surface area contributed by atoms with Gasteiger partial charge in [-0.2, -0.15) is 0 Å². The van der Waals surface area contributed by atoms with E-state index in [1.165, 1.54) is 12.1 Å². The van der Waals surface area contributed by atoms with E-state index in [1.54, 1.807) is 38.5 Å². The first-order valence-corrected chi connectivity index (χ1v) is 9.16. The Labute approximate surface area is 168 Å². The van der Waals surface area contributed by atoms with Gasteiger partial charge in [-0.05, 0) is 41.8 Å². The third-order valence-electron chi connectivity index (χ3n) is 4.49. The lowest BCUT2D eigenvalue weighted by atomic mass is 10.1. The molecule has 1 aromatic heterocycles. The molecular formula is C23H22O6. The largest absolute Gasteiger partial charge is 0.493 e. The molecule has 6 heteroatoms. The lowest BCUT2D eigenvalue weighted by Gasteiger charge is -2.08. The van der Waals surface area contributed by atoms with Crippen LogP contribution in [0.3, 0.4) is 0 Å². The summed E-state index contributed by atoms with van der Waals surface area (Å²) < 4.78 is 21.0. The summed E-state index contributed by atoms with van der Waals surface area (Å²) in [5, 5.41) is 0.749. The highest BCUT2D eigenvalue weighted by Crippen LogP contribution is 2.28.